The Morgan fingerprint density at radius 3 is 2.67 bits per heavy atom. The molecular weight excluding hydrogens is 382 g/mol. The Kier molecular flexibility index (Phi) is 5.22. The fourth-order valence-corrected chi connectivity index (χ4v) is 4.39. The SMILES string of the molecule is CCOC(=O)c1cnc(C)nc1N1CCC2(CC1)CC(=O)c1cc(C)cc(C)c1O2. The molecule has 0 bridgehead atoms. The number of aryl methyl sites for hydroxylation is 3. The normalized spacial score (nSPS) is 17.5. The third kappa shape index (κ3) is 3.64. The van der Waals surface area contributed by atoms with E-state index in [9.17, 15) is 9.59 Å². The molecule has 0 atom stereocenters. The van der Waals surface area contributed by atoms with E-state index in [0.29, 0.717) is 61.7 Å². The fraction of sp³-hybridized carbons (Fsp3) is 0.478. The highest BCUT2D eigenvalue weighted by molar-refractivity contribution is 6.01. The summed E-state index contributed by atoms with van der Waals surface area (Å²) in [5, 5.41) is 0. The molecule has 3 heterocycles. The van der Waals surface area contributed by atoms with Crippen molar-refractivity contribution in [2.75, 3.05) is 24.6 Å². The molecule has 0 aliphatic carbocycles. The van der Waals surface area contributed by atoms with Crippen LogP contribution in [0.25, 0.3) is 0 Å². The van der Waals surface area contributed by atoms with Gasteiger partial charge in [0, 0.05) is 32.1 Å². The summed E-state index contributed by atoms with van der Waals surface area (Å²) in [7, 11) is 0. The molecule has 0 unspecified atom stereocenters. The lowest BCUT2D eigenvalue weighted by molar-refractivity contribution is 0.0225. The maximum atomic E-state index is 12.9. The number of ether oxygens (including phenoxy) is 2. The lowest BCUT2D eigenvalue weighted by atomic mass is 9.81. The number of rotatable bonds is 3. The second-order valence-electron chi connectivity index (χ2n) is 8.21. The summed E-state index contributed by atoms with van der Waals surface area (Å²) in [6.45, 7) is 9.12. The maximum absolute atomic E-state index is 12.9. The van der Waals surface area contributed by atoms with Crippen molar-refractivity contribution < 1.29 is 19.1 Å². The lowest BCUT2D eigenvalue weighted by Gasteiger charge is -2.44. The first-order valence-electron chi connectivity index (χ1n) is 10.4. The standard InChI is InChI=1S/C23H27N3O4/c1-5-29-22(28)18-13-24-16(4)25-21(18)26-8-6-23(7-9-26)12-19(27)17-11-14(2)10-15(3)20(17)30-23/h10-11,13H,5-9,12H2,1-4H3. The monoisotopic (exact) mass is 409 g/mol. The van der Waals surface area contributed by atoms with Crippen molar-refractivity contribution in [3.8, 4) is 5.75 Å². The summed E-state index contributed by atoms with van der Waals surface area (Å²) in [6.07, 6.45) is 3.26. The molecule has 7 heteroatoms. The molecule has 4 rings (SSSR count). The van der Waals surface area contributed by atoms with Gasteiger partial charge in [-0.05, 0) is 44.9 Å². The van der Waals surface area contributed by atoms with Gasteiger partial charge in [-0.15, -0.1) is 0 Å². The average molecular weight is 409 g/mol. The Hall–Kier alpha value is -2.96. The van der Waals surface area contributed by atoms with E-state index < -0.39 is 11.6 Å². The third-order valence-electron chi connectivity index (χ3n) is 5.88. The van der Waals surface area contributed by atoms with E-state index in [0.717, 1.165) is 16.9 Å². The quantitative estimate of drug-likeness (QED) is 0.717. The number of Topliss-reactive ketones (excluding diaryl/α,β-unsaturated/α-hetero) is 1. The molecule has 1 saturated heterocycles. The van der Waals surface area contributed by atoms with Crippen molar-refractivity contribution >= 4 is 17.6 Å². The molecule has 2 aliphatic rings. The van der Waals surface area contributed by atoms with Crippen LogP contribution in [0.4, 0.5) is 5.82 Å². The molecule has 7 nitrogen and oxygen atoms in total. The van der Waals surface area contributed by atoms with Crippen molar-refractivity contribution in [3.05, 3.63) is 46.4 Å². The van der Waals surface area contributed by atoms with Crippen molar-refractivity contribution in [3.63, 3.8) is 0 Å². The number of aromatic nitrogens is 2. The zero-order chi connectivity index (χ0) is 21.5. The smallest absolute Gasteiger partial charge is 0.343 e. The second-order valence-corrected chi connectivity index (χ2v) is 8.21. The maximum Gasteiger partial charge on any atom is 0.343 e. The third-order valence-corrected chi connectivity index (χ3v) is 5.88. The number of fused-ring (bicyclic) bond motifs is 1. The Labute approximate surface area is 176 Å². The van der Waals surface area contributed by atoms with Gasteiger partial charge in [-0.3, -0.25) is 4.79 Å². The number of esters is 1. The summed E-state index contributed by atoms with van der Waals surface area (Å²) >= 11 is 0. The average Bonchev–Trinajstić information content (AvgIpc) is 2.70. The number of piperidine rings is 1. The van der Waals surface area contributed by atoms with Crippen LogP contribution < -0.4 is 9.64 Å². The number of hydrogen-bond acceptors (Lipinski definition) is 7. The summed E-state index contributed by atoms with van der Waals surface area (Å²) < 4.78 is 11.6. The van der Waals surface area contributed by atoms with E-state index in [1.165, 1.54) is 6.20 Å². The number of carbonyl (C=O) groups is 2. The highest BCUT2D eigenvalue weighted by atomic mass is 16.5. The molecule has 30 heavy (non-hydrogen) atoms. The number of nitrogens with zero attached hydrogens (tertiary/aromatic N) is 3. The molecule has 2 aliphatic heterocycles. The predicted molar refractivity (Wildman–Crippen MR) is 112 cm³/mol. The van der Waals surface area contributed by atoms with Crippen molar-refractivity contribution in [1.82, 2.24) is 9.97 Å². The van der Waals surface area contributed by atoms with Crippen LogP contribution in [0.5, 0.6) is 5.75 Å². The van der Waals surface area contributed by atoms with Gasteiger partial charge >= 0.3 is 5.97 Å². The molecular formula is C23H27N3O4. The number of ketones is 1. The molecule has 0 N–H and O–H groups in total. The molecule has 0 radical (unpaired) electrons. The van der Waals surface area contributed by atoms with E-state index >= 15 is 0 Å². The fourth-order valence-electron chi connectivity index (χ4n) is 4.39. The molecule has 0 saturated carbocycles. The summed E-state index contributed by atoms with van der Waals surface area (Å²) in [4.78, 5) is 36.0. The zero-order valence-corrected chi connectivity index (χ0v) is 17.9. The Bertz CT molecular complexity index is 1010. The Balaban J connectivity index is 1.57. The molecule has 1 aromatic carbocycles. The molecule has 1 spiro atoms. The van der Waals surface area contributed by atoms with Crippen molar-refractivity contribution in [2.45, 2.75) is 52.6 Å². The lowest BCUT2D eigenvalue weighted by Crippen LogP contribution is -2.51. The number of hydrogen-bond donors (Lipinski definition) is 0. The second kappa shape index (κ2) is 7.70. The van der Waals surface area contributed by atoms with Crippen LogP contribution in [0.2, 0.25) is 0 Å². The summed E-state index contributed by atoms with van der Waals surface area (Å²) in [6, 6.07) is 3.97. The largest absolute Gasteiger partial charge is 0.486 e. The van der Waals surface area contributed by atoms with Gasteiger partial charge in [-0.1, -0.05) is 6.07 Å². The predicted octanol–water partition coefficient (Wildman–Crippen LogP) is 3.58. The molecule has 1 fully saturated rings. The van der Waals surface area contributed by atoms with Gasteiger partial charge in [0.25, 0.3) is 0 Å². The van der Waals surface area contributed by atoms with Gasteiger partial charge in [0.2, 0.25) is 0 Å². The van der Waals surface area contributed by atoms with Gasteiger partial charge in [0.05, 0.1) is 18.6 Å². The van der Waals surface area contributed by atoms with Crippen molar-refractivity contribution in [2.24, 2.45) is 0 Å². The van der Waals surface area contributed by atoms with Crippen LogP contribution >= 0.6 is 0 Å². The van der Waals surface area contributed by atoms with Crippen LogP contribution in [0.15, 0.2) is 18.3 Å². The Morgan fingerprint density at radius 1 is 1.23 bits per heavy atom. The molecule has 0 amide bonds. The van der Waals surface area contributed by atoms with Gasteiger partial charge < -0.3 is 14.4 Å². The van der Waals surface area contributed by atoms with E-state index in [1.807, 2.05) is 19.9 Å². The first-order chi connectivity index (χ1) is 14.3. The number of anilines is 1. The van der Waals surface area contributed by atoms with E-state index in [4.69, 9.17) is 9.47 Å². The minimum Gasteiger partial charge on any atom is -0.486 e. The Morgan fingerprint density at radius 2 is 1.97 bits per heavy atom. The van der Waals surface area contributed by atoms with Crippen LogP contribution in [-0.4, -0.2) is 47.0 Å². The summed E-state index contributed by atoms with van der Waals surface area (Å²) in [5.74, 6) is 1.63. The molecule has 1 aromatic heterocycles. The van der Waals surface area contributed by atoms with Crippen LogP contribution in [-0.2, 0) is 4.74 Å². The summed E-state index contributed by atoms with van der Waals surface area (Å²) in [5.41, 5.74) is 2.62. The molecule has 158 valence electrons. The number of benzene rings is 1. The minimum absolute atomic E-state index is 0.140. The molecule has 2 aromatic rings. The first-order valence-corrected chi connectivity index (χ1v) is 10.4. The van der Waals surface area contributed by atoms with Crippen molar-refractivity contribution in [1.29, 1.82) is 0 Å². The van der Waals surface area contributed by atoms with Crippen LogP contribution in [0.1, 0.15) is 63.9 Å². The van der Waals surface area contributed by atoms with E-state index in [2.05, 4.69) is 20.9 Å². The van der Waals surface area contributed by atoms with Crippen LogP contribution in [0.3, 0.4) is 0 Å². The van der Waals surface area contributed by atoms with E-state index in [1.54, 1.807) is 13.8 Å². The van der Waals surface area contributed by atoms with Gasteiger partial charge in [-0.2, -0.15) is 0 Å². The zero-order valence-electron chi connectivity index (χ0n) is 17.9. The van der Waals surface area contributed by atoms with Gasteiger partial charge in [0.1, 0.15) is 28.6 Å². The highest BCUT2D eigenvalue weighted by Crippen LogP contribution is 2.42. The highest BCUT2D eigenvalue weighted by Gasteiger charge is 2.44. The topological polar surface area (TPSA) is 81.6 Å². The first kappa shape index (κ1) is 20.3. The van der Waals surface area contributed by atoms with Crippen LogP contribution in [0, 0.1) is 20.8 Å². The number of carbonyl (C=O) groups excluding carboxylic acids is 2. The van der Waals surface area contributed by atoms with E-state index in [-0.39, 0.29) is 5.78 Å². The van der Waals surface area contributed by atoms with Gasteiger partial charge in [0.15, 0.2) is 5.78 Å². The minimum atomic E-state index is -0.507. The van der Waals surface area contributed by atoms with Gasteiger partial charge in [-0.25, -0.2) is 14.8 Å².